The summed E-state index contributed by atoms with van der Waals surface area (Å²) in [5, 5.41) is 13.3. The number of aryl methyl sites for hydroxylation is 1. The van der Waals surface area contributed by atoms with Crippen molar-refractivity contribution in [3.8, 4) is 11.5 Å². The van der Waals surface area contributed by atoms with E-state index in [1.54, 1.807) is 11.3 Å². The Balaban J connectivity index is 1.83. The molecule has 2 aromatic heterocycles. The molecular weight excluding hydrogens is 288 g/mol. The van der Waals surface area contributed by atoms with Crippen LogP contribution in [0, 0.1) is 6.92 Å². The Hall–Kier alpha value is -1.66. The van der Waals surface area contributed by atoms with Crippen LogP contribution in [-0.2, 0) is 11.3 Å². The number of likely N-dealkylation sites (tertiary alicyclic amines) is 1. The first-order valence-electron chi connectivity index (χ1n) is 7.03. The van der Waals surface area contributed by atoms with E-state index in [2.05, 4.69) is 11.9 Å². The molecule has 1 saturated heterocycles. The number of carbonyl (C=O) groups is 1. The second-order valence-electron chi connectivity index (χ2n) is 5.49. The number of thiophene rings is 1. The van der Waals surface area contributed by atoms with Gasteiger partial charge in [-0.05, 0) is 38.1 Å². The van der Waals surface area contributed by atoms with E-state index in [0.29, 0.717) is 18.9 Å². The summed E-state index contributed by atoms with van der Waals surface area (Å²) in [6, 6.07) is 1.81. The van der Waals surface area contributed by atoms with Crippen LogP contribution < -0.4 is 0 Å². The number of oxazole rings is 1. The third-order valence-electron chi connectivity index (χ3n) is 4.10. The third kappa shape index (κ3) is 2.73. The Kier molecular flexibility index (Phi) is 3.82. The molecule has 6 heteroatoms. The molecule has 1 aliphatic heterocycles. The molecule has 1 fully saturated rings. The first kappa shape index (κ1) is 14.3. The van der Waals surface area contributed by atoms with E-state index in [-0.39, 0.29) is 6.04 Å². The summed E-state index contributed by atoms with van der Waals surface area (Å²) in [6.07, 6.45) is 1.61. The van der Waals surface area contributed by atoms with Crippen molar-refractivity contribution in [2.75, 3.05) is 0 Å². The van der Waals surface area contributed by atoms with E-state index in [0.717, 1.165) is 23.4 Å². The largest absolute Gasteiger partial charge is 0.480 e. The number of carboxylic acid groups (broad SMARTS) is 1. The van der Waals surface area contributed by atoms with Crippen molar-refractivity contribution in [2.45, 2.75) is 45.3 Å². The van der Waals surface area contributed by atoms with Gasteiger partial charge in [-0.3, -0.25) is 9.69 Å². The van der Waals surface area contributed by atoms with Gasteiger partial charge in [0.15, 0.2) is 0 Å². The maximum atomic E-state index is 11.3. The van der Waals surface area contributed by atoms with Crippen molar-refractivity contribution in [1.29, 1.82) is 0 Å². The smallest absolute Gasteiger partial charge is 0.320 e. The standard InChI is InChI=1S/C15H18N2O3S/c1-9-3-4-13(15(18)19)17(9)7-12-10(2)20-14(16-12)11-5-6-21-8-11/h5-6,8-9,13H,3-4,7H2,1-2H3,(H,18,19)/t9-,13-/m1/s1. The molecule has 3 heterocycles. The van der Waals surface area contributed by atoms with E-state index in [9.17, 15) is 9.90 Å². The Morgan fingerprint density at radius 2 is 2.38 bits per heavy atom. The van der Waals surface area contributed by atoms with E-state index in [1.165, 1.54) is 0 Å². The lowest BCUT2D eigenvalue weighted by Crippen LogP contribution is -2.39. The summed E-state index contributed by atoms with van der Waals surface area (Å²) in [4.78, 5) is 17.9. The van der Waals surface area contributed by atoms with Gasteiger partial charge in [0.2, 0.25) is 5.89 Å². The van der Waals surface area contributed by atoms with Gasteiger partial charge in [-0.2, -0.15) is 11.3 Å². The van der Waals surface area contributed by atoms with Crippen LogP contribution in [0.5, 0.6) is 0 Å². The number of hydrogen-bond donors (Lipinski definition) is 1. The van der Waals surface area contributed by atoms with Crippen molar-refractivity contribution in [3.63, 3.8) is 0 Å². The third-order valence-corrected chi connectivity index (χ3v) is 4.79. The first-order chi connectivity index (χ1) is 10.1. The SMILES string of the molecule is Cc1oc(-c2ccsc2)nc1CN1[C@H](C)CC[C@@H]1C(=O)O. The van der Waals surface area contributed by atoms with Crippen LogP contribution in [0.2, 0.25) is 0 Å². The normalized spacial score (nSPS) is 22.8. The minimum Gasteiger partial charge on any atom is -0.480 e. The quantitative estimate of drug-likeness (QED) is 0.940. The van der Waals surface area contributed by atoms with Crippen LogP contribution in [-0.4, -0.2) is 33.0 Å². The minimum absolute atomic E-state index is 0.256. The molecule has 0 saturated carbocycles. The van der Waals surface area contributed by atoms with Gasteiger partial charge in [0.25, 0.3) is 0 Å². The average Bonchev–Trinajstić information content (AvgIpc) is 3.12. The van der Waals surface area contributed by atoms with Crippen LogP contribution in [0.25, 0.3) is 11.5 Å². The lowest BCUT2D eigenvalue weighted by atomic mass is 10.2. The van der Waals surface area contributed by atoms with Crippen LogP contribution >= 0.6 is 11.3 Å². The second-order valence-corrected chi connectivity index (χ2v) is 6.27. The summed E-state index contributed by atoms with van der Waals surface area (Å²) >= 11 is 1.60. The zero-order chi connectivity index (χ0) is 15.0. The minimum atomic E-state index is -0.751. The maximum absolute atomic E-state index is 11.3. The van der Waals surface area contributed by atoms with Gasteiger partial charge in [-0.1, -0.05) is 0 Å². The first-order valence-corrected chi connectivity index (χ1v) is 7.98. The number of aliphatic carboxylic acids is 1. The Labute approximate surface area is 127 Å². The van der Waals surface area contributed by atoms with Gasteiger partial charge in [0, 0.05) is 23.5 Å². The van der Waals surface area contributed by atoms with Crippen LogP contribution in [0.15, 0.2) is 21.2 Å². The fraction of sp³-hybridized carbons (Fsp3) is 0.467. The summed E-state index contributed by atoms with van der Waals surface area (Å²) in [7, 11) is 0. The summed E-state index contributed by atoms with van der Waals surface area (Å²) in [5.41, 5.74) is 1.80. The van der Waals surface area contributed by atoms with E-state index < -0.39 is 12.0 Å². The monoisotopic (exact) mass is 306 g/mol. The molecule has 2 aromatic rings. The van der Waals surface area contributed by atoms with Crippen LogP contribution in [0.3, 0.4) is 0 Å². The molecule has 0 amide bonds. The van der Waals surface area contributed by atoms with Crippen LogP contribution in [0.4, 0.5) is 0 Å². The molecule has 0 spiro atoms. The predicted octanol–water partition coefficient (Wildman–Crippen LogP) is 3.15. The molecule has 0 aliphatic carbocycles. The van der Waals surface area contributed by atoms with Crippen molar-refractivity contribution in [2.24, 2.45) is 0 Å². The molecule has 0 aromatic carbocycles. The Morgan fingerprint density at radius 1 is 1.57 bits per heavy atom. The van der Waals surface area contributed by atoms with Crippen molar-refractivity contribution < 1.29 is 14.3 Å². The van der Waals surface area contributed by atoms with Gasteiger partial charge < -0.3 is 9.52 Å². The van der Waals surface area contributed by atoms with E-state index in [4.69, 9.17) is 4.42 Å². The summed E-state index contributed by atoms with van der Waals surface area (Å²) in [6.45, 7) is 4.48. The molecular formula is C15H18N2O3S. The van der Waals surface area contributed by atoms with E-state index in [1.807, 2.05) is 28.7 Å². The fourth-order valence-corrected chi connectivity index (χ4v) is 3.46. The summed E-state index contributed by atoms with van der Waals surface area (Å²) in [5.74, 6) is 0.625. The van der Waals surface area contributed by atoms with Gasteiger partial charge in [0.05, 0.1) is 5.69 Å². The highest BCUT2D eigenvalue weighted by molar-refractivity contribution is 7.08. The molecule has 1 N–H and O–H groups in total. The molecule has 0 unspecified atom stereocenters. The van der Waals surface area contributed by atoms with Crippen molar-refractivity contribution in [3.05, 3.63) is 28.3 Å². The van der Waals surface area contributed by atoms with E-state index >= 15 is 0 Å². The average molecular weight is 306 g/mol. The predicted molar refractivity (Wildman–Crippen MR) is 80.2 cm³/mol. The van der Waals surface area contributed by atoms with Gasteiger partial charge in [0.1, 0.15) is 11.8 Å². The molecule has 5 nitrogen and oxygen atoms in total. The topological polar surface area (TPSA) is 66.6 Å². The zero-order valence-corrected chi connectivity index (χ0v) is 12.9. The number of nitrogens with zero attached hydrogens (tertiary/aromatic N) is 2. The van der Waals surface area contributed by atoms with Crippen LogP contribution in [0.1, 0.15) is 31.2 Å². The zero-order valence-electron chi connectivity index (χ0n) is 12.1. The molecule has 21 heavy (non-hydrogen) atoms. The second kappa shape index (κ2) is 5.61. The summed E-state index contributed by atoms with van der Waals surface area (Å²) < 4.78 is 5.72. The van der Waals surface area contributed by atoms with Gasteiger partial charge >= 0.3 is 5.97 Å². The maximum Gasteiger partial charge on any atom is 0.320 e. The van der Waals surface area contributed by atoms with Crippen molar-refractivity contribution in [1.82, 2.24) is 9.88 Å². The van der Waals surface area contributed by atoms with Gasteiger partial charge in [-0.25, -0.2) is 4.98 Å². The number of aromatic nitrogens is 1. The molecule has 3 rings (SSSR count). The fourth-order valence-electron chi connectivity index (χ4n) is 2.83. The molecule has 112 valence electrons. The lowest BCUT2D eigenvalue weighted by Gasteiger charge is -2.24. The Morgan fingerprint density at radius 3 is 3.05 bits per heavy atom. The number of carboxylic acids is 1. The lowest BCUT2D eigenvalue weighted by molar-refractivity contribution is -0.142. The Bertz CT molecular complexity index is 635. The van der Waals surface area contributed by atoms with Gasteiger partial charge in [-0.15, -0.1) is 0 Å². The molecule has 0 bridgehead atoms. The molecule has 2 atom stereocenters. The van der Waals surface area contributed by atoms with Crippen molar-refractivity contribution >= 4 is 17.3 Å². The number of rotatable bonds is 4. The molecule has 0 radical (unpaired) electrons. The highest BCUT2D eigenvalue weighted by Gasteiger charge is 2.36. The highest BCUT2D eigenvalue weighted by Crippen LogP contribution is 2.29. The number of hydrogen-bond acceptors (Lipinski definition) is 5. The molecule has 1 aliphatic rings. The highest BCUT2D eigenvalue weighted by atomic mass is 32.1.